The summed E-state index contributed by atoms with van der Waals surface area (Å²) in [4.78, 5) is 13.2. The summed E-state index contributed by atoms with van der Waals surface area (Å²) in [7, 11) is -1.76. The molecule has 0 radical (unpaired) electrons. The summed E-state index contributed by atoms with van der Waals surface area (Å²) in [5, 5.41) is 17.2. The van der Waals surface area contributed by atoms with Gasteiger partial charge in [0.05, 0.1) is 25.3 Å². The summed E-state index contributed by atoms with van der Waals surface area (Å²) < 4.78 is 35.1. The Labute approximate surface area is 201 Å². The molecule has 3 heterocycles. The van der Waals surface area contributed by atoms with Crippen molar-refractivity contribution < 1.29 is 23.1 Å². The van der Waals surface area contributed by atoms with Crippen molar-refractivity contribution in [3.63, 3.8) is 0 Å². The Morgan fingerprint density at radius 1 is 1.15 bits per heavy atom. The first-order valence-electron chi connectivity index (χ1n) is 11.8. The fourth-order valence-electron chi connectivity index (χ4n) is 4.79. The number of carbonyl (C=O) groups is 1. The zero-order valence-corrected chi connectivity index (χ0v) is 20.6. The van der Waals surface area contributed by atoms with E-state index in [1.807, 2.05) is 25.0 Å². The second kappa shape index (κ2) is 10.6. The predicted octanol–water partition coefficient (Wildman–Crippen LogP) is 0.758. The number of anilines is 1. The van der Waals surface area contributed by atoms with Gasteiger partial charge >= 0.3 is 10.2 Å². The van der Waals surface area contributed by atoms with Gasteiger partial charge in [0.1, 0.15) is 0 Å². The van der Waals surface area contributed by atoms with Crippen LogP contribution in [0.15, 0.2) is 41.6 Å². The molecule has 0 aromatic heterocycles. The van der Waals surface area contributed by atoms with Crippen molar-refractivity contribution in [1.82, 2.24) is 19.6 Å². The molecule has 11 heteroatoms. The predicted molar refractivity (Wildman–Crippen MR) is 129 cm³/mol. The van der Waals surface area contributed by atoms with E-state index < -0.39 is 16.3 Å². The molecular formula is C23H35N5O5S. The van der Waals surface area contributed by atoms with Crippen molar-refractivity contribution in [3.05, 3.63) is 41.6 Å². The van der Waals surface area contributed by atoms with Gasteiger partial charge in [0.15, 0.2) is 0 Å². The van der Waals surface area contributed by atoms with Crippen molar-refractivity contribution in [1.29, 1.82) is 0 Å². The Balaban J connectivity index is 1.34. The molecule has 2 fully saturated rings. The van der Waals surface area contributed by atoms with E-state index in [-0.39, 0.29) is 17.9 Å². The van der Waals surface area contributed by atoms with Crippen molar-refractivity contribution in [2.24, 2.45) is 5.92 Å². The molecule has 0 aliphatic carbocycles. The van der Waals surface area contributed by atoms with Gasteiger partial charge < -0.3 is 15.2 Å². The number of piperidine rings is 1. The molecule has 188 valence electrons. The highest BCUT2D eigenvalue weighted by molar-refractivity contribution is 7.90. The second-order valence-corrected chi connectivity index (χ2v) is 10.9. The maximum atomic E-state index is 13.2. The molecule has 1 aromatic carbocycles. The third-order valence-electron chi connectivity index (χ3n) is 6.88. The monoisotopic (exact) mass is 493 g/mol. The third-order valence-corrected chi connectivity index (χ3v) is 8.42. The highest BCUT2D eigenvalue weighted by Gasteiger charge is 2.38. The highest BCUT2D eigenvalue weighted by atomic mass is 32.2. The van der Waals surface area contributed by atoms with Gasteiger partial charge in [-0.25, -0.2) is 5.01 Å². The van der Waals surface area contributed by atoms with Crippen molar-refractivity contribution in [2.45, 2.75) is 38.3 Å². The topological polar surface area (TPSA) is 114 Å². The summed E-state index contributed by atoms with van der Waals surface area (Å²) in [6.45, 7) is 4.71. The van der Waals surface area contributed by atoms with Crippen molar-refractivity contribution in [3.8, 4) is 0 Å². The molecule has 2 saturated heterocycles. The normalized spacial score (nSPS) is 26.1. The van der Waals surface area contributed by atoms with Gasteiger partial charge in [-0.15, -0.1) is 0 Å². The van der Waals surface area contributed by atoms with E-state index in [1.54, 1.807) is 29.3 Å². The number of hydrazine groups is 1. The van der Waals surface area contributed by atoms with E-state index >= 15 is 0 Å². The van der Waals surface area contributed by atoms with Gasteiger partial charge in [-0.05, 0) is 38.3 Å². The molecule has 10 nitrogen and oxygen atoms in total. The molecule has 34 heavy (non-hydrogen) atoms. The smallest absolute Gasteiger partial charge is 0.301 e. The molecule has 4 rings (SSSR count). The van der Waals surface area contributed by atoms with E-state index in [9.17, 15) is 18.3 Å². The van der Waals surface area contributed by atoms with Gasteiger partial charge in [0, 0.05) is 56.2 Å². The lowest BCUT2D eigenvalue weighted by molar-refractivity contribution is -0.151. The summed E-state index contributed by atoms with van der Waals surface area (Å²) in [5.74, 6) is -0.0660. The minimum atomic E-state index is -3.64. The van der Waals surface area contributed by atoms with E-state index in [1.165, 1.54) is 4.31 Å². The minimum absolute atomic E-state index is 0.00302. The zero-order valence-electron chi connectivity index (χ0n) is 19.8. The summed E-state index contributed by atoms with van der Waals surface area (Å²) in [6.07, 6.45) is 1.36. The molecule has 3 aliphatic rings. The lowest BCUT2D eigenvalue weighted by atomic mass is 9.98. The molecule has 2 atom stereocenters. The van der Waals surface area contributed by atoms with Crippen LogP contribution in [0.25, 0.3) is 0 Å². The number of aliphatic hydroxyl groups excluding tert-OH is 1. The Bertz CT molecular complexity index is 994. The minimum Gasteiger partial charge on any atom is -0.393 e. The summed E-state index contributed by atoms with van der Waals surface area (Å²) in [5.41, 5.74) is 2.04. The van der Waals surface area contributed by atoms with Crippen LogP contribution in [0.3, 0.4) is 0 Å². The molecule has 0 unspecified atom stereocenters. The number of hydrogen-bond acceptors (Lipinski definition) is 7. The fourth-order valence-corrected chi connectivity index (χ4v) is 6.05. The van der Waals surface area contributed by atoms with E-state index in [0.29, 0.717) is 69.9 Å². The highest BCUT2D eigenvalue weighted by Crippen LogP contribution is 2.26. The number of para-hydroxylation sites is 1. The first-order valence-corrected chi connectivity index (χ1v) is 13.3. The number of likely N-dealkylation sites (N-methyl/N-ethyl adjacent to an activating group) is 1. The quantitative estimate of drug-likeness (QED) is 0.514. The number of carbonyl (C=O) groups excluding carboxylic acids is 1. The molecule has 1 aromatic rings. The average Bonchev–Trinajstić information content (AvgIpc) is 2.82. The van der Waals surface area contributed by atoms with Crippen LogP contribution in [0.2, 0.25) is 0 Å². The molecular weight excluding hydrogens is 458 g/mol. The van der Waals surface area contributed by atoms with Crippen LogP contribution in [-0.2, 0) is 19.7 Å². The van der Waals surface area contributed by atoms with E-state index in [0.717, 1.165) is 5.70 Å². The zero-order chi connectivity index (χ0) is 24.3. The number of nitrogens with one attached hydrogen (secondary N) is 2. The van der Waals surface area contributed by atoms with Gasteiger partial charge in [0.2, 0.25) is 0 Å². The summed E-state index contributed by atoms with van der Waals surface area (Å²) in [6, 6.07) is 8.77. The maximum absolute atomic E-state index is 13.2. The van der Waals surface area contributed by atoms with Gasteiger partial charge in [0.25, 0.3) is 5.91 Å². The Kier molecular flexibility index (Phi) is 7.78. The second-order valence-electron chi connectivity index (χ2n) is 9.24. The van der Waals surface area contributed by atoms with Crippen LogP contribution in [0.1, 0.15) is 26.2 Å². The lowest BCUT2D eigenvalue weighted by Crippen LogP contribution is -2.58. The number of benzene rings is 1. The molecule has 0 saturated carbocycles. The van der Waals surface area contributed by atoms with Crippen LogP contribution in [-0.4, -0.2) is 92.3 Å². The number of aliphatic hydroxyl groups is 1. The van der Waals surface area contributed by atoms with Crippen molar-refractivity contribution in [2.75, 3.05) is 51.2 Å². The number of hydrogen-bond donors (Lipinski definition) is 3. The summed E-state index contributed by atoms with van der Waals surface area (Å²) >= 11 is 0. The SMILES string of the molecule is CC1=C(NC[C@@H]2COCC[C@H]2O)CN(C)N(C2CCN(S(=O)(=O)Nc3ccccc3)CC2)C1=O. The molecule has 0 bridgehead atoms. The van der Waals surface area contributed by atoms with Gasteiger partial charge in [-0.1, -0.05) is 18.2 Å². The van der Waals surface area contributed by atoms with Crippen LogP contribution in [0.5, 0.6) is 0 Å². The van der Waals surface area contributed by atoms with E-state index in [2.05, 4.69) is 10.0 Å². The fraction of sp³-hybridized carbons (Fsp3) is 0.609. The first-order chi connectivity index (χ1) is 16.3. The van der Waals surface area contributed by atoms with Gasteiger partial charge in [-0.2, -0.15) is 12.7 Å². The Morgan fingerprint density at radius 2 is 1.85 bits per heavy atom. The van der Waals surface area contributed by atoms with Crippen LogP contribution in [0.4, 0.5) is 5.69 Å². The van der Waals surface area contributed by atoms with E-state index in [4.69, 9.17) is 4.74 Å². The average molecular weight is 494 g/mol. The number of ether oxygens (including phenoxy) is 1. The standard InChI is InChI=1S/C23H35N5O5S/c1-17-21(24-14-18-16-33-13-10-22(18)29)15-26(2)28(23(17)30)20-8-11-27(12-9-20)34(31,32)25-19-6-4-3-5-7-19/h3-7,18,20,22,24-25,29H,8-16H2,1-2H3/t18-,22-/m1/s1. The molecule has 3 aliphatic heterocycles. The Hall–Kier alpha value is -2.18. The third kappa shape index (κ3) is 5.55. The lowest BCUT2D eigenvalue weighted by Gasteiger charge is -2.45. The number of amides is 1. The number of rotatable bonds is 7. The van der Waals surface area contributed by atoms with Crippen molar-refractivity contribution >= 4 is 21.8 Å². The largest absolute Gasteiger partial charge is 0.393 e. The van der Waals surface area contributed by atoms with Gasteiger partial charge in [-0.3, -0.25) is 14.5 Å². The van der Waals surface area contributed by atoms with Crippen LogP contribution >= 0.6 is 0 Å². The Morgan fingerprint density at radius 3 is 2.53 bits per heavy atom. The maximum Gasteiger partial charge on any atom is 0.301 e. The molecule has 3 N–H and O–H groups in total. The van der Waals surface area contributed by atoms with Crippen LogP contribution in [0, 0.1) is 5.92 Å². The van der Waals surface area contributed by atoms with Crippen LogP contribution < -0.4 is 10.0 Å². The molecule has 1 amide bonds. The first kappa shape index (κ1) is 24.9. The molecule has 0 spiro atoms. The number of nitrogens with zero attached hydrogens (tertiary/aromatic N) is 3.